The fourth-order valence-electron chi connectivity index (χ4n) is 2.39. The number of rotatable bonds is 8. The lowest BCUT2D eigenvalue weighted by atomic mass is 10.2. The molecule has 2 rings (SSSR count). The molecule has 2 aromatic rings. The van der Waals surface area contributed by atoms with E-state index in [9.17, 15) is 26.4 Å². The minimum atomic E-state index is -4.86. The summed E-state index contributed by atoms with van der Waals surface area (Å²) >= 11 is 1.05. The maximum Gasteiger partial charge on any atom is 0.573 e. The summed E-state index contributed by atoms with van der Waals surface area (Å²) in [6, 6.07) is 3.34. The average Bonchev–Trinajstić information content (AvgIpc) is 3.07. The van der Waals surface area contributed by atoms with E-state index in [1.165, 1.54) is 26.1 Å². The molecule has 1 aromatic carbocycles. The number of aromatic nitrogens is 1. The first-order valence-corrected chi connectivity index (χ1v) is 10.4. The Kier molecular flexibility index (Phi) is 6.55. The topological polar surface area (TPSA) is 103 Å². The van der Waals surface area contributed by atoms with Gasteiger partial charge in [0.2, 0.25) is 21.1 Å². The number of halogens is 3. The first kappa shape index (κ1) is 22.0. The van der Waals surface area contributed by atoms with Crippen LogP contribution >= 0.6 is 11.3 Å². The number of aryl methyl sites for hydroxylation is 1. The van der Waals surface area contributed by atoms with E-state index in [1.54, 1.807) is 5.38 Å². The van der Waals surface area contributed by atoms with E-state index in [0.717, 1.165) is 27.8 Å². The van der Waals surface area contributed by atoms with Gasteiger partial charge in [0.1, 0.15) is 5.75 Å². The largest absolute Gasteiger partial charge is 0.573 e. The van der Waals surface area contributed by atoms with Crippen LogP contribution in [0.25, 0.3) is 0 Å². The Hall–Kier alpha value is -2.34. The number of hydrogen-bond acceptors (Lipinski definition) is 6. The molecule has 1 amide bonds. The summed E-state index contributed by atoms with van der Waals surface area (Å²) in [6.45, 7) is 2.89. The third-order valence-electron chi connectivity index (χ3n) is 3.77. The molecule has 0 aliphatic carbocycles. The van der Waals surface area contributed by atoms with Gasteiger partial charge in [-0.25, -0.2) is 17.7 Å². The highest BCUT2D eigenvalue weighted by Crippen LogP contribution is 2.37. The standard InChI is InChI=1S/C16H18F3N3O4S2/c1-10-9-12(26-16(17,18)19)4-5-13(10)22(15-21-7-8-27-15)28(24,25)11(2)3-6-14(20)23/h4-5,7-9,11H,3,6H2,1-2H3,(H2,20,23). The van der Waals surface area contributed by atoms with E-state index in [-0.39, 0.29) is 29.2 Å². The summed E-state index contributed by atoms with van der Waals surface area (Å²) in [5.41, 5.74) is 5.47. The second-order valence-corrected chi connectivity index (χ2v) is 9.01. The minimum absolute atomic E-state index is 0.00609. The number of sulfonamides is 1. The molecule has 2 N–H and O–H groups in total. The Morgan fingerprint density at radius 2 is 2.07 bits per heavy atom. The number of benzene rings is 1. The molecule has 0 aliphatic rings. The maximum atomic E-state index is 13.1. The SMILES string of the molecule is Cc1cc(OC(F)(F)F)ccc1N(c1nccs1)S(=O)(=O)C(C)CCC(N)=O. The highest BCUT2D eigenvalue weighted by atomic mass is 32.2. The van der Waals surface area contributed by atoms with E-state index >= 15 is 0 Å². The van der Waals surface area contributed by atoms with Crippen molar-refractivity contribution in [2.24, 2.45) is 5.73 Å². The molecule has 1 heterocycles. The number of hydrogen-bond donors (Lipinski definition) is 1. The van der Waals surface area contributed by atoms with Crippen LogP contribution < -0.4 is 14.8 Å². The van der Waals surface area contributed by atoms with Crippen molar-refractivity contribution in [3.8, 4) is 5.75 Å². The molecule has 0 aliphatic heterocycles. The number of amides is 1. The van der Waals surface area contributed by atoms with Crippen molar-refractivity contribution in [3.63, 3.8) is 0 Å². The molecule has 7 nitrogen and oxygen atoms in total. The quantitative estimate of drug-likeness (QED) is 0.681. The molecule has 154 valence electrons. The smallest absolute Gasteiger partial charge is 0.406 e. The summed E-state index contributed by atoms with van der Waals surface area (Å²) in [5.74, 6) is -1.10. The number of ether oxygens (including phenoxy) is 1. The van der Waals surface area contributed by atoms with Gasteiger partial charge in [-0.2, -0.15) is 0 Å². The van der Waals surface area contributed by atoms with Gasteiger partial charge in [-0.1, -0.05) is 0 Å². The molecular weight excluding hydrogens is 419 g/mol. The average molecular weight is 437 g/mol. The zero-order chi connectivity index (χ0) is 21.1. The third-order valence-corrected chi connectivity index (χ3v) is 6.78. The number of carbonyl (C=O) groups is 1. The zero-order valence-corrected chi connectivity index (χ0v) is 16.6. The third kappa shape index (κ3) is 5.35. The zero-order valence-electron chi connectivity index (χ0n) is 14.9. The molecule has 0 saturated heterocycles. The summed E-state index contributed by atoms with van der Waals surface area (Å²) in [7, 11) is -4.03. The lowest BCUT2D eigenvalue weighted by Crippen LogP contribution is -2.35. The summed E-state index contributed by atoms with van der Waals surface area (Å²) in [5, 5.41) is 0.718. The van der Waals surface area contributed by atoms with Crippen LogP contribution in [0.2, 0.25) is 0 Å². The van der Waals surface area contributed by atoms with Crippen molar-refractivity contribution in [1.29, 1.82) is 0 Å². The predicted octanol–water partition coefficient (Wildman–Crippen LogP) is 3.47. The van der Waals surface area contributed by atoms with Gasteiger partial charge in [0.05, 0.1) is 10.9 Å². The number of primary amides is 1. The summed E-state index contributed by atoms with van der Waals surface area (Å²) in [6.07, 6.45) is -3.58. The van der Waals surface area contributed by atoms with Crippen LogP contribution in [0.5, 0.6) is 5.75 Å². The van der Waals surface area contributed by atoms with Crippen molar-refractivity contribution in [2.75, 3.05) is 4.31 Å². The van der Waals surface area contributed by atoms with Crippen LogP contribution in [0.15, 0.2) is 29.8 Å². The van der Waals surface area contributed by atoms with Gasteiger partial charge >= 0.3 is 6.36 Å². The summed E-state index contributed by atoms with van der Waals surface area (Å²) < 4.78 is 68.4. The molecule has 0 fully saturated rings. The number of nitrogens with zero attached hydrogens (tertiary/aromatic N) is 2. The first-order chi connectivity index (χ1) is 12.9. The van der Waals surface area contributed by atoms with Gasteiger partial charge in [0.25, 0.3) is 0 Å². The highest BCUT2D eigenvalue weighted by molar-refractivity contribution is 7.93. The Balaban J connectivity index is 2.46. The van der Waals surface area contributed by atoms with Crippen LogP contribution in [0.3, 0.4) is 0 Å². The molecule has 0 bridgehead atoms. The van der Waals surface area contributed by atoms with Gasteiger partial charge in [-0.15, -0.1) is 24.5 Å². The number of nitrogens with two attached hydrogens (primary N) is 1. The van der Waals surface area contributed by atoms with Crippen molar-refractivity contribution >= 4 is 38.1 Å². The summed E-state index contributed by atoms with van der Waals surface area (Å²) in [4.78, 5) is 15.0. The molecule has 12 heteroatoms. The van der Waals surface area contributed by atoms with Crippen molar-refractivity contribution < 1.29 is 31.1 Å². The monoisotopic (exact) mass is 437 g/mol. The van der Waals surface area contributed by atoms with E-state index in [2.05, 4.69) is 9.72 Å². The molecule has 0 spiro atoms. The fraction of sp³-hybridized carbons (Fsp3) is 0.375. The Morgan fingerprint density at radius 1 is 1.39 bits per heavy atom. The van der Waals surface area contributed by atoms with Crippen LogP contribution in [0.1, 0.15) is 25.3 Å². The van der Waals surface area contributed by atoms with Crippen molar-refractivity contribution in [3.05, 3.63) is 35.3 Å². The number of thiazole rings is 1. The van der Waals surface area contributed by atoms with Gasteiger partial charge in [-0.05, 0) is 44.0 Å². The Labute approximate surface area is 164 Å². The molecule has 1 unspecified atom stereocenters. The van der Waals surface area contributed by atoms with Crippen molar-refractivity contribution in [1.82, 2.24) is 4.98 Å². The Morgan fingerprint density at radius 3 is 2.57 bits per heavy atom. The number of carbonyl (C=O) groups excluding carboxylic acids is 1. The van der Waals surface area contributed by atoms with E-state index < -0.39 is 33.3 Å². The van der Waals surface area contributed by atoms with Crippen LogP contribution in [-0.2, 0) is 14.8 Å². The van der Waals surface area contributed by atoms with E-state index in [1.807, 2.05) is 0 Å². The lowest BCUT2D eigenvalue weighted by molar-refractivity contribution is -0.274. The fourth-order valence-corrected chi connectivity index (χ4v) is 4.91. The molecule has 1 atom stereocenters. The van der Waals surface area contributed by atoms with E-state index in [0.29, 0.717) is 0 Å². The van der Waals surface area contributed by atoms with Gasteiger partial charge in [0, 0.05) is 18.0 Å². The van der Waals surface area contributed by atoms with Gasteiger partial charge in [-0.3, -0.25) is 4.79 Å². The lowest BCUT2D eigenvalue weighted by Gasteiger charge is -2.27. The second-order valence-electron chi connectivity index (χ2n) is 5.94. The normalized spacial score (nSPS) is 13.2. The molecule has 28 heavy (non-hydrogen) atoms. The second kappa shape index (κ2) is 8.35. The molecule has 0 saturated carbocycles. The van der Waals surface area contributed by atoms with Crippen LogP contribution in [0.4, 0.5) is 24.0 Å². The van der Waals surface area contributed by atoms with Crippen LogP contribution in [-0.4, -0.2) is 30.9 Å². The predicted molar refractivity (Wildman–Crippen MR) is 98.9 cm³/mol. The molecule has 0 radical (unpaired) electrons. The van der Waals surface area contributed by atoms with E-state index in [4.69, 9.17) is 5.73 Å². The number of alkyl halides is 3. The molecule has 1 aromatic heterocycles. The Bertz CT molecular complexity index is 931. The van der Waals surface area contributed by atoms with Crippen LogP contribution in [0, 0.1) is 6.92 Å². The number of anilines is 2. The molecular formula is C16H18F3N3O4S2. The van der Waals surface area contributed by atoms with Gasteiger partial charge in [0.15, 0.2) is 0 Å². The maximum absolute atomic E-state index is 13.1. The minimum Gasteiger partial charge on any atom is -0.406 e. The van der Waals surface area contributed by atoms with Gasteiger partial charge < -0.3 is 10.5 Å². The van der Waals surface area contributed by atoms with Crippen molar-refractivity contribution in [2.45, 2.75) is 38.3 Å². The highest BCUT2D eigenvalue weighted by Gasteiger charge is 2.34. The first-order valence-electron chi connectivity index (χ1n) is 8.00.